The number of hydrogen-bond acceptors (Lipinski definition) is 3. The van der Waals surface area contributed by atoms with Crippen LogP contribution in [-0.2, 0) is 11.3 Å². The number of rotatable bonds is 3. The summed E-state index contributed by atoms with van der Waals surface area (Å²) in [6.07, 6.45) is 1.04. The van der Waals surface area contributed by atoms with Gasteiger partial charge in [-0.1, -0.05) is 35.3 Å². The van der Waals surface area contributed by atoms with E-state index in [1.165, 1.54) is 0 Å². The lowest BCUT2D eigenvalue weighted by molar-refractivity contribution is 0.0140. The average molecular weight is 289 g/mol. The Balaban J connectivity index is 2.03. The van der Waals surface area contributed by atoms with Crippen molar-refractivity contribution in [3.05, 3.63) is 33.8 Å². The molecule has 0 spiro atoms. The van der Waals surface area contributed by atoms with Gasteiger partial charge < -0.3 is 10.5 Å². The van der Waals surface area contributed by atoms with Crippen LogP contribution in [0, 0.1) is 0 Å². The molecular formula is C13H18Cl2N2O. The maximum atomic E-state index is 6.20. The van der Waals surface area contributed by atoms with Gasteiger partial charge in [0.05, 0.1) is 16.1 Å². The molecule has 2 atom stereocenters. The molecule has 3 nitrogen and oxygen atoms in total. The molecule has 0 unspecified atom stereocenters. The Bertz CT molecular complexity index is 414. The standard InChI is InChI=1S/C13H18Cl2N2O/c1-18-12-8-17(6-5-11(12)16)7-9-3-2-4-10(14)13(9)15/h2-4,11-12H,5-8,16H2,1H3/t11-,12+/m1/s1. The molecule has 5 heteroatoms. The number of nitrogens with two attached hydrogens (primary N) is 1. The Morgan fingerprint density at radius 1 is 1.44 bits per heavy atom. The fourth-order valence-corrected chi connectivity index (χ4v) is 2.68. The maximum Gasteiger partial charge on any atom is 0.0849 e. The minimum absolute atomic E-state index is 0.0942. The Hall–Kier alpha value is -0.320. The SMILES string of the molecule is CO[C@H]1CN(Cc2cccc(Cl)c2Cl)CC[C@H]1N. The van der Waals surface area contributed by atoms with Crippen LogP contribution in [0.25, 0.3) is 0 Å². The molecule has 0 bridgehead atoms. The van der Waals surface area contributed by atoms with E-state index in [4.69, 9.17) is 33.7 Å². The lowest BCUT2D eigenvalue weighted by Crippen LogP contribution is -2.51. The number of halogens is 2. The van der Waals surface area contributed by atoms with E-state index >= 15 is 0 Å². The van der Waals surface area contributed by atoms with Gasteiger partial charge in [0.25, 0.3) is 0 Å². The fraction of sp³-hybridized carbons (Fsp3) is 0.538. The molecule has 0 radical (unpaired) electrons. The summed E-state index contributed by atoms with van der Waals surface area (Å²) in [5.74, 6) is 0. The summed E-state index contributed by atoms with van der Waals surface area (Å²) in [6, 6.07) is 5.86. The number of ether oxygens (including phenoxy) is 1. The van der Waals surface area contributed by atoms with Gasteiger partial charge in [-0.05, 0) is 18.1 Å². The molecule has 2 rings (SSSR count). The number of benzene rings is 1. The Labute approximate surface area is 118 Å². The number of piperidine rings is 1. The van der Waals surface area contributed by atoms with Crippen LogP contribution in [0.3, 0.4) is 0 Å². The first-order valence-electron chi connectivity index (χ1n) is 6.05. The highest BCUT2D eigenvalue weighted by Crippen LogP contribution is 2.27. The van der Waals surface area contributed by atoms with Crippen LogP contribution in [0.15, 0.2) is 18.2 Å². The Morgan fingerprint density at radius 2 is 2.22 bits per heavy atom. The minimum Gasteiger partial charge on any atom is -0.379 e. The molecular weight excluding hydrogens is 271 g/mol. The molecule has 0 aliphatic carbocycles. The van der Waals surface area contributed by atoms with Crippen molar-refractivity contribution in [2.45, 2.75) is 25.1 Å². The highest BCUT2D eigenvalue weighted by molar-refractivity contribution is 6.42. The smallest absolute Gasteiger partial charge is 0.0849 e. The van der Waals surface area contributed by atoms with Gasteiger partial charge in [0.1, 0.15) is 0 Å². The molecule has 1 aromatic rings. The predicted molar refractivity (Wildman–Crippen MR) is 75.1 cm³/mol. The van der Waals surface area contributed by atoms with E-state index in [2.05, 4.69) is 4.90 Å². The third kappa shape index (κ3) is 3.16. The number of methoxy groups -OCH3 is 1. The van der Waals surface area contributed by atoms with Crippen molar-refractivity contribution in [2.24, 2.45) is 5.73 Å². The van der Waals surface area contributed by atoms with Gasteiger partial charge in [-0.25, -0.2) is 0 Å². The monoisotopic (exact) mass is 288 g/mol. The van der Waals surface area contributed by atoms with Crippen LogP contribution in [0.5, 0.6) is 0 Å². The first-order valence-corrected chi connectivity index (χ1v) is 6.81. The highest BCUT2D eigenvalue weighted by Gasteiger charge is 2.26. The van der Waals surface area contributed by atoms with Crippen LogP contribution < -0.4 is 5.73 Å². The first kappa shape index (κ1) is 14.1. The van der Waals surface area contributed by atoms with Crippen LogP contribution in [0.1, 0.15) is 12.0 Å². The minimum atomic E-state index is 0.0942. The second-order valence-corrected chi connectivity index (χ2v) is 5.46. The molecule has 0 amide bonds. The summed E-state index contributed by atoms with van der Waals surface area (Å²) < 4.78 is 5.40. The third-order valence-electron chi connectivity index (χ3n) is 3.42. The molecule has 2 N–H and O–H groups in total. The van der Waals surface area contributed by atoms with E-state index < -0.39 is 0 Å². The normalized spacial score (nSPS) is 25.3. The van der Waals surface area contributed by atoms with Crippen molar-refractivity contribution in [1.29, 1.82) is 0 Å². The van der Waals surface area contributed by atoms with Crippen LogP contribution in [0.2, 0.25) is 10.0 Å². The lowest BCUT2D eigenvalue weighted by atomic mass is 10.0. The number of likely N-dealkylation sites (tertiary alicyclic amines) is 1. The number of hydrogen-bond donors (Lipinski definition) is 1. The topological polar surface area (TPSA) is 38.5 Å². The van der Waals surface area contributed by atoms with E-state index in [0.717, 1.165) is 31.6 Å². The summed E-state index contributed by atoms with van der Waals surface area (Å²) in [4.78, 5) is 2.30. The van der Waals surface area contributed by atoms with Gasteiger partial charge in [0.2, 0.25) is 0 Å². The van der Waals surface area contributed by atoms with E-state index in [-0.39, 0.29) is 12.1 Å². The molecule has 1 fully saturated rings. The zero-order valence-electron chi connectivity index (χ0n) is 10.4. The van der Waals surface area contributed by atoms with E-state index in [9.17, 15) is 0 Å². The van der Waals surface area contributed by atoms with Crippen molar-refractivity contribution >= 4 is 23.2 Å². The average Bonchev–Trinajstić information content (AvgIpc) is 2.37. The Kier molecular flexibility index (Phi) is 4.87. The molecule has 1 saturated heterocycles. The lowest BCUT2D eigenvalue weighted by Gasteiger charge is -2.36. The van der Waals surface area contributed by atoms with Gasteiger partial charge in [-0.3, -0.25) is 4.90 Å². The van der Waals surface area contributed by atoms with Crippen LogP contribution >= 0.6 is 23.2 Å². The Morgan fingerprint density at radius 3 is 2.94 bits per heavy atom. The predicted octanol–water partition coefficient (Wildman–Crippen LogP) is 2.54. The molecule has 1 aliphatic rings. The summed E-state index contributed by atoms with van der Waals surface area (Å²) >= 11 is 12.2. The van der Waals surface area contributed by atoms with Crippen LogP contribution in [-0.4, -0.2) is 37.2 Å². The largest absolute Gasteiger partial charge is 0.379 e. The van der Waals surface area contributed by atoms with E-state index in [1.807, 2.05) is 12.1 Å². The van der Waals surface area contributed by atoms with Crippen molar-refractivity contribution < 1.29 is 4.74 Å². The number of nitrogens with zero attached hydrogens (tertiary/aromatic N) is 1. The zero-order valence-corrected chi connectivity index (χ0v) is 11.9. The van der Waals surface area contributed by atoms with E-state index in [1.54, 1.807) is 13.2 Å². The molecule has 100 valence electrons. The zero-order chi connectivity index (χ0) is 13.1. The summed E-state index contributed by atoms with van der Waals surface area (Å²) in [5.41, 5.74) is 7.05. The van der Waals surface area contributed by atoms with Gasteiger partial charge in [0, 0.05) is 32.8 Å². The van der Waals surface area contributed by atoms with Crippen molar-refractivity contribution in [3.8, 4) is 0 Å². The molecule has 1 heterocycles. The third-order valence-corrected chi connectivity index (χ3v) is 4.28. The molecule has 0 aromatic heterocycles. The molecule has 1 aromatic carbocycles. The van der Waals surface area contributed by atoms with Crippen molar-refractivity contribution in [2.75, 3.05) is 20.2 Å². The summed E-state index contributed by atoms with van der Waals surface area (Å²) in [5, 5.41) is 1.24. The molecule has 1 aliphatic heterocycles. The van der Waals surface area contributed by atoms with Gasteiger partial charge >= 0.3 is 0 Å². The van der Waals surface area contributed by atoms with Crippen molar-refractivity contribution in [1.82, 2.24) is 4.90 Å². The first-order chi connectivity index (χ1) is 8.61. The highest BCUT2D eigenvalue weighted by atomic mass is 35.5. The second-order valence-electron chi connectivity index (χ2n) is 4.67. The molecule has 18 heavy (non-hydrogen) atoms. The fourth-order valence-electron chi connectivity index (χ4n) is 2.30. The summed E-state index contributed by atoms with van der Waals surface area (Å²) in [7, 11) is 1.71. The quantitative estimate of drug-likeness (QED) is 0.929. The van der Waals surface area contributed by atoms with Gasteiger partial charge in [-0.2, -0.15) is 0 Å². The van der Waals surface area contributed by atoms with Gasteiger partial charge in [0.15, 0.2) is 0 Å². The van der Waals surface area contributed by atoms with Crippen LogP contribution in [0.4, 0.5) is 0 Å². The van der Waals surface area contributed by atoms with Gasteiger partial charge in [-0.15, -0.1) is 0 Å². The molecule has 0 saturated carbocycles. The van der Waals surface area contributed by atoms with E-state index in [0.29, 0.717) is 10.0 Å². The summed E-state index contributed by atoms with van der Waals surface area (Å²) in [6.45, 7) is 2.58. The van der Waals surface area contributed by atoms with Crippen molar-refractivity contribution in [3.63, 3.8) is 0 Å². The second kappa shape index (κ2) is 6.22. The maximum absolute atomic E-state index is 6.20.